The van der Waals surface area contributed by atoms with Gasteiger partial charge < -0.3 is 144 Å². The number of aliphatic hydroxyl groups is 17. The molecule has 6 fully saturated rings. The minimum absolute atomic E-state index is 0.731. The molecule has 6 aliphatic heterocycles. The lowest BCUT2D eigenvalue weighted by Gasteiger charge is -2.50. The van der Waals surface area contributed by atoms with Crippen molar-refractivity contribution in [3.8, 4) is 0 Å². The van der Waals surface area contributed by atoms with Gasteiger partial charge in [0.2, 0.25) is 5.91 Å². The van der Waals surface area contributed by atoms with Crippen molar-refractivity contribution in [2.45, 2.75) is 205 Å². The summed E-state index contributed by atoms with van der Waals surface area (Å²) in [7, 11) is 0. The molecule has 396 valence electrons. The van der Waals surface area contributed by atoms with E-state index in [9.17, 15) is 91.6 Å². The molecule has 6 saturated heterocycles. The Morgan fingerprint density at radius 2 is 0.809 bits per heavy atom. The van der Waals surface area contributed by atoms with E-state index in [4.69, 9.17) is 52.1 Å². The van der Waals surface area contributed by atoms with E-state index in [0.717, 1.165) is 6.92 Å². The fourth-order valence-corrected chi connectivity index (χ4v) is 8.70. The zero-order valence-corrected chi connectivity index (χ0v) is 36.7. The van der Waals surface area contributed by atoms with Gasteiger partial charge in [-0.2, -0.15) is 0 Å². The molecule has 0 aromatic rings. The first-order chi connectivity index (χ1) is 32.0. The molecule has 0 aromatic heterocycles. The number of rotatable bonds is 15. The smallest absolute Gasteiger partial charge is 0.217 e. The molecular formula is C38H65NO29. The van der Waals surface area contributed by atoms with Crippen LogP contribution in [0.4, 0.5) is 0 Å². The fourth-order valence-electron chi connectivity index (χ4n) is 8.70. The van der Waals surface area contributed by atoms with Crippen LogP contribution in [-0.4, -0.2) is 303 Å². The van der Waals surface area contributed by atoms with E-state index < -0.39 is 217 Å². The molecule has 6 aliphatic rings. The van der Waals surface area contributed by atoms with Gasteiger partial charge in [-0.15, -0.1) is 0 Å². The molecule has 30 heteroatoms. The third kappa shape index (κ3) is 11.6. The van der Waals surface area contributed by atoms with E-state index in [-0.39, 0.29) is 0 Å². The van der Waals surface area contributed by atoms with Gasteiger partial charge in [-0.25, -0.2) is 0 Å². The van der Waals surface area contributed by atoms with E-state index in [0.29, 0.717) is 0 Å². The second kappa shape index (κ2) is 23.5. The minimum Gasteiger partial charge on any atom is -0.394 e. The SMILES string of the molecule is CC(=O)N[C@H]1[C@H](O[C@H]2[C@@H](O)[C@@H](CO)O[C@@H](O[C@H]3[C@H](O)[C@@H](O)[C@H](O)O[C@@H]3CO[C@@H]3O[C@@H](C)[C@@H](O)[C@@H](O)[C@@H]3O)[C@@H]2O)O[C@H](CO)[C@@H](O)[C@@H]1O[C@@H]1O[C@H](CO)[C@H](O)[C@H](O[C@@H]2O[C@@H](C)[C@@H](O)[C@@H](O)[C@@H]2O)[C@H]1O. The van der Waals surface area contributed by atoms with E-state index >= 15 is 0 Å². The van der Waals surface area contributed by atoms with Crippen molar-refractivity contribution in [3.63, 3.8) is 0 Å². The summed E-state index contributed by atoms with van der Waals surface area (Å²) >= 11 is 0. The first kappa shape index (κ1) is 55.7. The number of carbonyl (C=O) groups is 1. The van der Waals surface area contributed by atoms with Crippen LogP contribution in [0.15, 0.2) is 0 Å². The van der Waals surface area contributed by atoms with E-state index in [2.05, 4.69) is 5.32 Å². The zero-order chi connectivity index (χ0) is 50.2. The van der Waals surface area contributed by atoms with E-state index in [1.807, 2.05) is 0 Å². The zero-order valence-electron chi connectivity index (χ0n) is 36.7. The van der Waals surface area contributed by atoms with Gasteiger partial charge in [-0.3, -0.25) is 4.79 Å². The molecule has 6 rings (SSSR count). The van der Waals surface area contributed by atoms with Gasteiger partial charge in [0.15, 0.2) is 37.7 Å². The van der Waals surface area contributed by atoms with Crippen LogP contribution in [0, 0.1) is 0 Å². The van der Waals surface area contributed by atoms with Gasteiger partial charge in [0, 0.05) is 6.92 Å². The number of amides is 1. The maximum atomic E-state index is 12.7. The summed E-state index contributed by atoms with van der Waals surface area (Å²) in [5.41, 5.74) is 0. The van der Waals surface area contributed by atoms with Gasteiger partial charge in [0.1, 0.15) is 134 Å². The predicted octanol–water partition coefficient (Wildman–Crippen LogP) is -11.9. The Morgan fingerprint density at radius 3 is 1.29 bits per heavy atom. The Morgan fingerprint density at radius 1 is 0.412 bits per heavy atom. The Labute approximate surface area is 386 Å². The summed E-state index contributed by atoms with van der Waals surface area (Å²) in [5.74, 6) is -0.849. The highest BCUT2D eigenvalue weighted by molar-refractivity contribution is 5.73. The molecule has 18 N–H and O–H groups in total. The third-order valence-electron chi connectivity index (χ3n) is 12.7. The average molecular weight is 1000 g/mol. The molecule has 0 bridgehead atoms. The lowest BCUT2D eigenvalue weighted by atomic mass is 9.94. The molecule has 6 heterocycles. The molecular weight excluding hydrogens is 934 g/mol. The molecule has 0 spiro atoms. The van der Waals surface area contributed by atoms with Crippen molar-refractivity contribution in [2.24, 2.45) is 0 Å². The largest absolute Gasteiger partial charge is 0.394 e. The molecule has 1 amide bonds. The highest BCUT2D eigenvalue weighted by Gasteiger charge is 2.57. The molecule has 0 radical (unpaired) electrons. The number of carbonyl (C=O) groups excluding carboxylic acids is 1. The topological polar surface area (TPSA) is 475 Å². The van der Waals surface area contributed by atoms with Crippen molar-refractivity contribution < 1.29 is 144 Å². The van der Waals surface area contributed by atoms with Crippen LogP contribution in [0.5, 0.6) is 0 Å². The number of hydrogen-bond donors (Lipinski definition) is 18. The van der Waals surface area contributed by atoms with Crippen molar-refractivity contribution in [3.05, 3.63) is 0 Å². The highest BCUT2D eigenvalue weighted by atomic mass is 16.8. The average Bonchev–Trinajstić information content (AvgIpc) is 3.30. The summed E-state index contributed by atoms with van der Waals surface area (Å²) < 4.78 is 62.3. The molecule has 0 aliphatic carbocycles. The molecule has 0 saturated carbocycles. The summed E-state index contributed by atoms with van der Waals surface area (Å²) in [6.45, 7) is 0.0255. The first-order valence-corrected chi connectivity index (χ1v) is 21.8. The highest BCUT2D eigenvalue weighted by Crippen LogP contribution is 2.36. The number of ether oxygens (including phenoxy) is 11. The minimum atomic E-state index is -2.19. The molecule has 30 atom stereocenters. The lowest BCUT2D eigenvalue weighted by molar-refractivity contribution is -0.386. The number of aliphatic hydroxyl groups excluding tert-OH is 17. The standard InChI is InChI=1S/C38H65NO29/c1-8-16(44)21(49)25(53)35(59-8)58-7-14-29(23(51)24(52)33(57)61-14)65-37-27(55)31(19(47)12(5-41)63-37)67-34-15(39-10(3)43)30(18(46)11(4-40)62-34)66-38-28(56)32(20(48)13(6-42)64-38)68-36-26(54)22(50)17(45)9(2)60-36/h8-9,11-38,40-42,44-57H,4-7H2,1-3H3,(H,39,43)/t8-,9-,11+,12+,13+,14+,15+,16+,17+,18+,19-,20-,21+,22+,23+,24+,25-,26-,27+,28+,29+,30+,31-,32-,33+,34-,35+,36-,37-,38-/m0/s1. The normalized spacial score (nSPS) is 52.6. The third-order valence-corrected chi connectivity index (χ3v) is 12.7. The predicted molar refractivity (Wildman–Crippen MR) is 208 cm³/mol. The van der Waals surface area contributed by atoms with E-state index in [1.165, 1.54) is 13.8 Å². The first-order valence-electron chi connectivity index (χ1n) is 21.8. The molecule has 30 nitrogen and oxygen atoms in total. The Balaban J connectivity index is 1.23. The van der Waals surface area contributed by atoms with Gasteiger partial charge in [0.05, 0.1) is 38.6 Å². The Bertz CT molecular complexity index is 1590. The van der Waals surface area contributed by atoms with Crippen LogP contribution in [0.2, 0.25) is 0 Å². The summed E-state index contributed by atoms with van der Waals surface area (Å²) in [4.78, 5) is 12.7. The maximum absolute atomic E-state index is 12.7. The quantitative estimate of drug-likeness (QED) is 0.0724. The van der Waals surface area contributed by atoms with Gasteiger partial charge in [0.25, 0.3) is 0 Å². The molecule has 0 aromatic carbocycles. The van der Waals surface area contributed by atoms with Crippen molar-refractivity contribution in [1.29, 1.82) is 0 Å². The second-order valence-electron chi connectivity index (χ2n) is 17.5. The number of hydrogen-bond acceptors (Lipinski definition) is 29. The Kier molecular flexibility index (Phi) is 19.2. The van der Waals surface area contributed by atoms with Gasteiger partial charge >= 0.3 is 0 Å². The van der Waals surface area contributed by atoms with Crippen LogP contribution in [-0.2, 0) is 56.9 Å². The van der Waals surface area contributed by atoms with Crippen molar-refractivity contribution in [2.75, 3.05) is 26.4 Å². The lowest BCUT2D eigenvalue weighted by Crippen LogP contribution is -2.70. The fraction of sp³-hybridized carbons (Fsp3) is 0.974. The number of nitrogens with one attached hydrogen (secondary N) is 1. The van der Waals surface area contributed by atoms with Crippen LogP contribution in [0.25, 0.3) is 0 Å². The van der Waals surface area contributed by atoms with Gasteiger partial charge in [-0.05, 0) is 13.8 Å². The maximum Gasteiger partial charge on any atom is 0.217 e. The monoisotopic (exact) mass is 999 g/mol. The van der Waals surface area contributed by atoms with Crippen molar-refractivity contribution in [1.82, 2.24) is 5.32 Å². The molecule has 0 unspecified atom stereocenters. The van der Waals surface area contributed by atoms with Gasteiger partial charge in [-0.1, -0.05) is 0 Å². The van der Waals surface area contributed by atoms with Crippen LogP contribution in [0.1, 0.15) is 20.8 Å². The van der Waals surface area contributed by atoms with Crippen LogP contribution in [0.3, 0.4) is 0 Å². The molecule has 68 heavy (non-hydrogen) atoms. The Hall–Kier alpha value is -1.65. The second-order valence-corrected chi connectivity index (χ2v) is 17.5. The van der Waals surface area contributed by atoms with E-state index in [1.54, 1.807) is 0 Å². The summed E-state index contributed by atoms with van der Waals surface area (Å²) in [6.07, 6.45) is -52.5. The summed E-state index contributed by atoms with van der Waals surface area (Å²) in [6, 6.07) is -1.76. The van der Waals surface area contributed by atoms with Crippen LogP contribution >= 0.6 is 0 Å². The van der Waals surface area contributed by atoms with Crippen LogP contribution < -0.4 is 5.32 Å². The van der Waals surface area contributed by atoms with Crippen molar-refractivity contribution >= 4 is 5.91 Å². The summed E-state index contributed by atoms with van der Waals surface area (Å²) in [5, 5.41) is 184.